The van der Waals surface area contributed by atoms with E-state index < -0.39 is 0 Å². The molecule has 0 saturated heterocycles. The standard InChI is InChI=1S/C17H25FN2O/c1-19-11-5-10-16(21)20-17(13-6-2-3-7-13)14-8-4-9-15(18)12-14/h4,8-9,12-13,17,19H,2-3,5-7,10-11H2,1H3,(H,20,21). The summed E-state index contributed by atoms with van der Waals surface area (Å²) in [7, 11) is 1.88. The second-order valence-electron chi connectivity index (χ2n) is 5.85. The molecular weight excluding hydrogens is 267 g/mol. The van der Waals surface area contributed by atoms with E-state index in [9.17, 15) is 9.18 Å². The molecule has 0 heterocycles. The van der Waals surface area contributed by atoms with Gasteiger partial charge in [0.25, 0.3) is 0 Å². The Morgan fingerprint density at radius 1 is 1.38 bits per heavy atom. The van der Waals surface area contributed by atoms with Crippen molar-refractivity contribution >= 4 is 5.91 Å². The number of benzene rings is 1. The summed E-state index contributed by atoms with van der Waals surface area (Å²) in [5.74, 6) is 0.256. The maximum Gasteiger partial charge on any atom is 0.220 e. The van der Waals surface area contributed by atoms with Gasteiger partial charge in [0.2, 0.25) is 5.91 Å². The predicted octanol–water partition coefficient (Wildman–Crippen LogP) is 3.17. The van der Waals surface area contributed by atoms with Gasteiger partial charge in [-0.25, -0.2) is 4.39 Å². The van der Waals surface area contributed by atoms with E-state index in [-0.39, 0.29) is 17.8 Å². The summed E-state index contributed by atoms with van der Waals surface area (Å²) in [5, 5.41) is 6.17. The highest BCUT2D eigenvalue weighted by Crippen LogP contribution is 2.35. The number of nitrogens with one attached hydrogen (secondary N) is 2. The average molecular weight is 292 g/mol. The molecule has 0 spiro atoms. The summed E-state index contributed by atoms with van der Waals surface area (Å²) in [5.41, 5.74) is 0.892. The normalized spacial score (nSPS) is 16.9. The Hall–Kier alpha value is -1.42. The molecule has 1 aliphatic carbocycles. The summed E-state index contributed by atoms with van der Waals surface area (Å²) in [6.45, 7) is 0.835. The zero-order chi connectivity index (χ0) is 15.1. The number of rotatable bonds is 7. The molecule has 3 nitrogen and oxygen atoms in total. The lowest BCUT2D eigenvalue weighted by molar-refractivity contribution is -0.122. The molecule has 0 aromatic heterocycles. The van der Waals surface area contributed by atoms with E-state index in [1.165, 1.54) is 18.9 Å². The largest absolute Gasteiger partial charge is 0.349 e. The molecule has 2 rings (SSSR count). The van der Waals surface area contributed by atoms with Crippen molar-refractivity contribution in [2.45, 2.75) is 44.6 Å². The van der Waals surface area contributed by atoms with Crippen LogP contribution in [0.5, 0.6) is 0 Å². The Kier molecular flexibility index (Phi) is 6.18. The predicted molar refractivity (Wildman–Crippen MR) is 82.4 cm³/mol. The van der Waals surface area contributed by atoms with Crippen molar-refractivity contribution in [2.24, 2.45) is 5.92 Å². The van der Waals surface area contributed by atoms with Crippen molar-refractivity contribution in [1.29, 1.82) is 0 Å². The van der Waals surface area contributed by atoms with Crippen molar-refractivity contribution in [3.8, 4) is 0 Å². The van der Waals surface area contributed by atoms with E-state index in [4.69, 9.17) is 0 Å². The first-order valence-corrected chi connectivity index (χ1v) is 7.90. The van der Waals surface area contributed by atoms with E-state index >= 15 is 0 Å². The molecule has 1 aromatic carbocycles. The lowest BCUT2D eigenvalue weighted by Gasteiger charge is -2.25. The fraction of sp³-hybridized carbons (Fsp3) is 0.588. The van der Waals surface area contributed by atoms with Crippen LogP contribution >= 0.6 is 0 Å². The average Bonchev–Trinajstić information content (AvgIpc) is 2.99. The number of halogens is 1. The highest BCUT2D eigenvalue weighted by molar-refractivity contribution is 5.76. The van der Waals surface area contributed by atoms with Crippen molar-refractivity contribution in [3.63, 3.8) is 0 Å². The fourth-order valence-corrected chi connectivity index (χ4v) is 3.14. The van der Waals surface area contributed by atoms with Gasteiger partial charge in [-0.2, -0.15) is 0 Å². The van der Waals surface area contributed by atoms with Crippen molar-refractivity contribution in [3.05, 3.63) is 35.6 Å². The molecule has 0 bridgehead atoms. The van der Waals surface area contributed by atoms with Crippen LogP contribution in [0.4, 0.5) is 4.39 Å². The number of amides is 1. The Labute approximate surface area is 126 Å². The first-order chi connectivity index (χ1) is 10.2. The van der Waals surface area contributed by atoms with Gasteiger partial charge in [0.15, 0.2) is 0 Å². The Balaban J connectivity index is 2.03. The molecule has 4 heteroatoms. The molecule has 1 atom stereocenters. The molecule has 1 aromatic rings. The molecule has 1 saturated carbocycles. The van der Waals surface area contributed by atoms with Crippen LogP contribution < -0.4 is 10.6 Å². The number of hydrogen-bond acceptors (Lipinski definition) is 2. The quantitative estimate of drug-likeness (QED) is 0.758. The maximum atomic E-state index is 13.5. The van der Waals surface area contributed by atoms with Crippen LogP contribution in [0, 0.1) is 11.7 Å². The van der Waals surface area contributed by atoms with E-state index in [2.05, 4.69) is 10.6 Å². The van der Waals surface area contributed by atoms with Gasteiger partial charge in [-0.3, -0.25) is 4.79 Å². The van der Waals surface area contributed by atoms with Gasteiger partial charge < -0.3 is 10.6 Å². The lowest BCUT2D eigenvalue weighted by atomic mass is 9.91. The third kappa shape index (κ3) is 4.81. The van der Waals surface area contributed by atoms with Gasteiger partial charge in [-0.1, -0.05) is 25.0 Å². The molecular formula is C17H25FN2O. The van der Waals surface area contributed by atoms with Crippen LogP contribution in [0.15, 0.2) is 24.3 Å². The zero-order valence-electron chi connectivity index (χ0n) is 12.7. The highest BCUT2D eigenvalue weighted by atomic mass is 19.1. The maximum absolute atomic E-state index is 13.5. The van der Waals surface area contributed by atoms with Crippen molar-refractivity contribution in [2.75, 3.05) is 13.6 Å². The van der Waals surface area contributed by atoms with Crippen LogP contribution in [-0.4, -0.2) is 19.5 Å². The molecule has 0 aliphatic heterocycles. The van der Waals surface area contributed by atoms with E-state index in [1.54, 1.807) is 12.1 Å². The number of hydrogen-bond donors (Lipinski definition) is 2. The number of carbonyl (C=O) groups is 1. The minimum absolute atomic E-state index is 0.0507. The highest BCUT2D eigenvalue weighted by Gasteiger charge is 2.27. The van der Waals surface area contributed by atoms with Gasteiger partial charge in [0.1, 0.15) is 5.82 Å². The summed E-state index contributed by atoms with van der Waals surface area (Å²) in [6.07, 6.45) is 5.95. The minimum atomic E-state index is -0.236. The van der Waals surface area contributed by atoms with Gasteiger partial charge in [0.05, 0.1) is 6.04 Å². The van der Waals surface area contributed by atoms with Gasteiger partial charge in [-0.05, 0) is 56.5 Å². The van der Waals surface area contributed by atoms with Crippen molar-refractivity contribution in [1.82, 2.24) is 10.6 Å². The molecule has 116 valence electrons. The first-order valence-electron chi connectivity index (χ1n) is 7.90. The molecule has 1 amide bonds. The monoisotopic (exact) mass is 292 g/mol. The Morgan fingerprint density at radius 2 is 2.14 bits per heavy atom. The van der Waals surface area contributed by atoms with Crippen LogP contribution in [0.2, 0.25) is 0 Å². The SMILES string of the molecule is CNCCCC(=O)NC(c1cccc(F)c1)C1CCCC1. The molecule has 2 N–H and O–H groups in total. The Bertz CT molecular complexity index is 458. The molecule has 1 fully saturated rings. The zero-order valence-corrected chi connectivity index (χ0v) is 12.7. The second-order valence-corrected chi connectivity index (χ2v) is 5.85. The summed E-state index contributed by atoms with van der Waals surface area (Å²) >= 11 is 0. The Morgan fingerprint density at radius 3 is 2.81 bits per heavy atom. The van der Waals surface area contributed by atoms with E-state index in [0.717, 1.165) is 31.4 Å². The smallest absolute Gasteiger partial charge is 0.220 e. The van der Waals surface area contributed by atoms with Crippen LogP contribution in [0.3, 0.4) is 0 Å². The van der Waals surface area contributed by atoms with Gasteiger partial charge in [0, 0.05) is 6.42 Å². The van der Waals surface area contributed by atoms with Gasteiger partial charge >= 0.3 is 0 Å². The van der Waals surface area contributed by atoms with Crippen LogP contribution in [-0.2, 0) is 4.79 Å². The lowest BCUT2D eigenvalue weighted by Crippen LogP contribution is -2.33. The van der Waals surface area contributed by atoms with Gasteiger partial charge in [-0.15, -0.1) is 0 Å². The van der Waals surface area contributed by atoms with E-state index in [1.807, 2.05) is 13.1 Å². The first kappa shape index (κ1) is 16.0. The van der Waals surface area contributed by atoms with Crippen LogP contribution in [0.1, 0.15) is 50.1 Å². The molecule has 1 aliphatic rings. The molecule has 0 radical (unpaired) electrons. The summed E-state index contributed by atoms with van der Waals surface area (Å²) in [4.78, 5) is 12.1. The topological polar surface area (TPSA) is 41.1 Å². The third-order valence-corrected chi connectivity index (χ3v) is 4.23. The molecule has 1 unspecified atom stereocenters. The fourth-order valence-electron chi connectivity index (χ4n) is 3.14. The minimum Gasteiger partial charge on any atom is -0.349 e. The molecule has 21 heavy (non-hydrogen) atoms. The summed E-state index contributed by atoms with van der Waals surface area (Å²) < 4.78 is 13.5. The van der Waals surface area contributed by atoms with E-state index in [0.29, 0.717) is 12.3 Å². The third-order valence-electron chi connectivity index (χ3n) is 4.23. The van der Waals surface area contributed by atoms with Crippen molar-refractivity contribution < 1.29 is 9.18 Å². The number of carbonyl (C=O) groups excluding carboxylic acids is 1. The van der Waals surface area contributed by atoms with Crippen LogP contribution in [0.25, 0.3) is 0 Å². The summed E-state index contributed by atoms with van der Waals surface area (Å²) in [6, 6.07) is 6.59. The second kappa shape index (κ2) is 8.13.